The molecule has 0 bridgehead atoms. The monoisotopic (exact) mass is 367 g/mol. The summed E-state index contributed by atoms with van der Waals surface area (Å²) in [4.78, 5) is 12.7. The summed E-state index contributed by atoms with van der Waals surface area (Å²) in [7, 11) is 0. The van der Waals surface area contributed by atoms with E-state index in [9.17, 15) is 0 Å². The minimum Gasteiger partial charge on any atom is -0.493 e. The van der Waals surface area contributed by atoms with E-state index in [1.165, 1.54) is 5.56 Å². The Morgan fingerprint density at radius 2 is 1.77 bits per heavy atom. The van der Waals surface area contributed by atoms with Gasteiger partial charge in [0.2, 0.25) is 11.9 Å². The van der Waals surface area contributed by atoms with Gasteiger partial charge >= 0.3 is 0 Å². The van der Waals surface area contributed by atoms with Crippen molar-refractivity contribution in [1.29, 1.82) is 0 Å². The Morgan fingerprint density at radius 1 is 1.00 bits per heavy atom. The van der Waals surface area contributed by atoms with Crippen LogP contribution in [-0.4, -0.2) is 27.3 Å². The molecule has 6 nitrogen and oxygen atoms in total. The zero-order chi connectivity index (χ0) is 18.2. The van der Waals surface area contributed by atoms with Gasteiger partial charge in [0.15, 0.2) is 0 Å². The van der Waals surface area contributed by atoms with E-state index in [1.807, 2.05) is 54.6 Å². The van der Waals surface area contributed by atoms with Crippen molar-refractivity contribution in [1.82, 2.24) is 15.0 Å². The van der Waals surface area contributed by atoms with Gasteiger partial charge < -0.3 is 15.8 Å². The number of rotatable bonds is 8. The molecule has 2 aromatic carbocycles. The highest BCUT2D eigenvalue weighted by Crippen LogP contribution is 2.16. The largest absolute Gasteiger partial charge is 0.493 e. The van der Waals surface area contributed by atoms with Crippen molar-refractivity contribution in [3.8, 4) is 5.75 Å². The molecule has 3 rings (SSSR count). The number of nitrogens with one attached hydrogen (secondary N) is 1. The van der Waals surface area contributed by atoms with Crippen molar-refractivity contribution in [2.45, 2.75) is 12.7 Å². The number of nitrogen functional groups attached to an aromatic ring is 1. The van der Waals surface area contributed by atoms with E-state index in [0.717, 1.165) is 17.2 Å². The number of hydrogen-bond donors (Lipinski definition) is 2. The molecular formula is C19H21N5OS. The molecule has 0 aliphatic carbocycles. The Morgan fingerprint density at radius 3 is 2.54 bits per heavy atom. The molecule has 134 valence electrons. The molecule has 0 aliphatic rings. The van der Waals surface area contributed by atoms with Crippen molar-refractivity contribution in [3.05, 3.63) is 66.0 Å². The molecule has 0 saturated carbocycles. The second-order valence-electron chi connectivity index (χ2n) is 5.64. The second-order valence-corrected chi connectivity index (χ2v) is 6.74. The lowest BCUT2D eigenvalue weighted by atomic mass is 10.2. The molecule has 0 aliphatic heterocycles. The van der Waals surface area contributed by atoms with Gasteiger partial charge in [0.05, 0.1) is 12.4 Å². The van der Waals surface area contributed by atoms with Crippen LogP contribution in [0.1, 0.15) is 11.4 Å². The molecule has 7 heteroatoms. The average molecular weight is 367 g/mol. The molecule has 0 atom stereocenters. The standard InChI is InChI=1S/C19H21N5OS/c1-14-7-9-16(10-8-14)25-11-12-26-13-17-22-18(20)24-19(23-17)21-15-5-3-2-4-6-15/h2-10H,11-13H2,1H3,(H3,20,21,22,23,24). The summed E-state index contributed by atoms with van der Waals surface area (Å²) in [6.45, 7) is 2.68. The Balaban J connectivity index is 1.47. The van der Waals surface area contributed by atoms with Crippen LogP contribution in [0, 0.1) is 6.92 Å². The lowest BCUT2D eigenvalue weighted by molar-refractivity contribution is 0.344. The number of aryl methyl sites for hydroxylation is 1. The SMILES string of the molecule is Cc1ccc(OCCSCc2nc(N)nc(Nc3ccccc3)n2)cc1. The summed E-state index contributed by atoms with van der Waals surface area (Å²) >= 11 is 1.69. The molecule has 1 heterocycles. The predicted octanol–water partition coefficient (Wildman–Crippen LogP) is 3.82. The van der Waals surface area contributed by atoms with Gasteiger partial charge in [0.1, 0.15) is 11.6 Å². The van der Waals surface area contributed by atoms with Gasteiger partial charge in [-0.1, -0.05) is 35.9 Å². The van der Waals surface area contributed by atoms with Crippen molar-refractivity contribution < 1.29 is 4.74 Å². The molecule has 0 radical (unpaired) electrons. The maximum Gasteiger partial charge on any atom is 0.232 e. The number of anilines is 3. The highest BCUT2D eigenvalue weighted by atomic mass is 32.2. The lowest BCUT2D eigenvalue weighted by Crippen LogP contribution is -2.07. The maximum atomic E-state index is 5.80. The minimum absolute atomic E-state index is 0.213. The molecular weight excluding hydrogens is 346 g/mol. The third-order valence-corrected chi connectivity index (χ3v) is 4.40. The highest BCUT2D eigenvalue weighted by Gasteiger charge is 2.05. The van der Waals surface area contributed by atoms with Crippen molar-refractivity contribution in [3.63, 3.8) is 0 Å². The minimum atomic E-state index is 0.213. The van der Waals surface area contributed by atoms with E-state index < -0.39 is 0 Å². The zero-order valence-electron chi connectivity index (χ0n) is 14.6. The fraction of sp³-hybridized carbons (Fsp3) is 0.211. The van der Waals surface area contributed by atoms with Crippen LogP contribution in [0.3, 0.4) is 0 Å². The fourth-order valence-corrected chi connectivity index (χ4v) is 2.88. The number of para-hydroxylation sites is 1. The quantitative estimate of drug-likeness (QED) is 0.585. The van der Waals surface area contributed by atoms with E-state index >= 15 is 0 Å². The first-order chi connectivity index (χ1) is 12.7. The number of aromatic nitrogens is 3. The van der Waals surface area contributed by atoms with Crippen LogP contribution < -0.4 is 15.8 Å². The van der Waals surface area contributed by atoms with Crippen LogP contribution in [-0.2, 0) is 5.75 Å². The number of ether oxygens (including phenoxy) is 1. The van der Waals surface area contributed by atoms with Crippen molar-refractivity contribution in [2.24, 2.45) is 0 Å². The highest BCUT2D eigenvalue weighted by molar-refractivity contribution is 7.98. The Hall–Kier alpha value is -2.80. The van der Waals surface area contributed by atoms with Gasteiger partial charge in [-0.3, -0.25) is 0 Å². The molecule has 0 amide bonds. The summed E-state index contributed by atoms with van der Waals surface area (Å²) in [5.41, 5.74) is 7.92. The van der Waals surface area contributed by atoms with Crippen molar-refractivity contribution >= 4 is 29.3 Å². The first-order valence-corrected chi connectivity index (χ1v) is 9.44. The molecule has 0 unspecified atom stereocenters. The molecule has 26 heavy (non-hydrogen) atoms. The van der Waals surface area contributed by atoms with E-state index in [-0.39, 0.29) is 5.95 Å². The average Bonchev–Trinajstić information content (AvgIpc) is 2.63. The molecule has 3 aromatic rings. The van der Waals surface area contributed by atoms with Crippen LogP contribution in [0.4, 0.5) is 17.6 Å². The van der Waals surface area contributed by atoms with E-state index in [2.05, 4.69) is 27.2 Å². The fourth-order valence-electron chi connectivity index (χ4n) is 2.23. The summed E-state index contributed by atoms with van der Waals surface area (Å²) in [6, 6.07) is 17.8. The molecule has 0 fully saturated rings. The van der Waals surface area contributed by atoms with Gasteiger partial charge in [-0.05, 0) is 31.2 Å². The van der Waals surface area contributed by atoms with E-state index in [1.54, 1.807) is 11.8 Å². The van der Waals surface area contributed by atoms with Gasteiger partial charge in [-0.25, -0.2) is 0 Å². The number of benzene rings is 2. The van der Waals surface area contributed by atoms with Crippen LogP contribution in [0.25, 0.3) is 0 Å². The normalized spacial score (nSPS) is 10.5. The smallest absolute Gasteiger partial charge is 0.232 e. The van der Waals surface area contributed by atoms with Crippen LogP contribution in [0.5, 0.6) is 5.75 Å². The second kappa shape index (κ2) is 9.05. The number of nitrogens with two attached hydrogens (primary N) is 1. The topological polar surface area (TPSA) is 86.0 Å². The molecule has 1 aromatic heterocycles. The van der Waals surface area contributed by atoms with Gasteiger partial charge in [-0.2, -0.15) is 26.7 Å². The summed E-state index contributed by atoms with van der Waals surface area (Å²) < 4.78 is 5.71. The third-order valence-electron chi connectivity index (χ3n) is 3.48. The van der Waals surface area contributed by atoms with Gasteiger partial charge in [0.25, 0.3) is 0 Å². The lowest BCUT2D eigenvalue weighted by Gasteiger charge is -2.08. The van der Waals surface area contributed by atoms with Gasteiger partial charge in [-0.15, -0.1) is 0 Å². The predicted molar refractivity (Wildman–Crippen MR) is 107 cm³/mol. The summed E-state index contributed by atoms with van der Waals surface area (Å²) in [5.74, 6) is 3.68. The van der Waals surface area contributed by atoms with E-state index in [0.29, 0.717) is 24.1 Å². The van der Waals surface area contributed by atoms with Crippen LogP contribution in [0.15, 0.2) is 54.6 Å². The number of thioether (sulfide) groups is 1. The van der Waals surface area contributed by atoms with Crippen LogP contribution >= 0.6 is 11.8 Å². The Labute approximate surface area is 157 Å². The number of hydrogen-bond acceptors (Lipinski definition) is 7. The molecule has 0 spiro atoms. The molecule has 3 N–H and O–H groups in total. The first-order valence-electron chi connectivity index (χ1n) is 8.29. The summed E-state index contributed by atoms with van der Waals surface area (Å²) in [5, 5.41) is 3.14. The van der Waals surface area contributed by atoms with Crippen molar-refractivity contribution in [2.75, 3.05) is 23.4 Å². The zero-order valence-corrected chi connectivity index (χ0v) is 15.4. The maximum absolute atomic E-state index is 5.80. The van der Waals surface area contributed by atoms with Gasteiger partial charge in [0, 0.05) is 11.4 Å². The van der Waals surface area contributed by atoms with E-state index in [4.69, 9.17) is 10.5 Å². The molecule has 0 saturated heterocycles. The number of nitrogens with zero attached hydrogens (tertiary/aromatic N) is 3. The Kier molecular flexibility index (Phi) is 6.27. The Bertz CT molecular complexity index is 827. The third kappa shape index (κ3) is 5.63. The summed E-state index contributed by atoms with van der Waals surface area (Å²) in [6.07, 6.45) is 0. The van der Waals surface area contributed by atoms with Crippen LogP contribution in [0.2, 0.25) is 0 Å². The first kappa shape index (κ1) is 18.0.